The summed E-state index contributed by atoms with van der Waals surface area (Å²) >= 11 is 0. The molecule has 1 aromatic heterocycles. The number of aromatic nitrogens is 2. The van der Waals surface area contributed by atoms with Gasteiger partial charge in [-0.15, -0.1) is 10.2 Å². The lowest BCUT2D eigenvalue weighted by Gasteiger charge is -2.35. The number of alkyl halides is 3. The highest BCUT2D eigenvalue weighted by atomic mass is 19.4. The highest BCUT2D eigenvalue weighted by molar-refractivity contribution is 5.96. The molecule has 0 bridgehead atoms. The second kappa shape index (κ2) is 10.9. The summed E-state index contributed by atoms with van der Waals surface area (Å²) in [7, 11) is 0. The highest BCUT2D eigenvalue weighted by Gasteiger charge is 2.36. The first-order valence-electron chi connectivity index (χ1n) is 10.4. The fourth-order valence-electron chi connectivity index (χ4n) is 3.32. The van der Waals surface area contributed by atoms with Crippen molar-refractivity contribution in [2.45, 2.75) is 19.0 Å². The maximum Gasteiger partial charge on any atom is 0.417 e. The quantitative estimate of drug-likeness (QED) is 0.602. The Hall–Kier alpha value is -3.41. The number of carbonyl (C=O) groups is 2. The van der Waals surface area contributed by atoms with Crippen LogP contribution in [0.1, 0.15) is 28.8 Å². The Kier molecular flexibility index (Phi) is 8.04. The zero-order valence-corrected chi connectivity index (χ0v) is 17.7. The van der Waals surface area contributed by atoms with Crippen LogP contribution in [0.2, 0.25) is 0 Å². The first-order valence-corrected chi connectivity index (χ1v) is 10.4. The number of hydrogen-bond donors (Lipinski definition) is 2. The molecule has 2 N–H and O–H groups in total. The lowest BCUT2D eigenvalue weighted by Crippen LogP contribution is -2.49. The number of aliphatic hydroxyl groups is 1. The summed E-state index contributed by atoms with van der Waals surface area (Å²) < 4.78 is 44.7. The number of hydrogen-bond acceptors (Lipinski definition) is 7. The molecule has 1 aliphatic heterocycles. The van der Waals surface area contributed by atoms with Gasteiger partial charge in [0, 0.05) is 45.4 Å². The number of ether oxygens (including phenoxy) is 1. The molecule has 1 fully saturated rings. The summed E-state index contributed by atoms with van der Waals surface area (Å²) in [5.74, 6) is -0.160. The van der Waals surface area contributed by atoms with Crippen LogP contribution >= 0.6 is 0 Å². The van der Waals surface area contributed by atoms with Gasteiger partial charge < -0.3 is 25.0 Å². The number of unbranched alkanes of at least 4 members (excludes halogenated alkanes) is 1. The smallest absolute Gasteiger partial charge is 0.396 e. The summed E-state index contributed by atoms with van der Waals surface area (Å²) in [6.07, 6.45) is -4.10. The predicted molar refractivity (Wildman–Crippen MR) is 112 cm³/mol. The number of rotatable bonds is 7. The van der Waals surface area contributed by atoms with Crippen molar-refractivity contribution in [3.63, 3.8) is 0 Å². The van der Waals surface area contributed by atoms with E-state index in [1.54, 1.807) is 6.07 Å². The van der Waals surface area contributed by atoms with Gasteiger partial charge in [0.05, 0.1) is 11.1 Å². The third kappa shape index (κ3) is 6.54. The number of aliphatic hydroxyl groups excluding tert-OH is 1. The Labute approximate surface area is 188 Å². The number of amides is 2. The van der Waals surface area contributed by atoms with E-state index in [0.29, 0.717) is 38.3 Å². The van der Waals surface area contributed by atoms with Crippen molar-refractivity contribution in [3.05, 3.63) is 47.5 Å². The molecule has 0 saturated carbocycles. The predicted octanol–water partition coefficient (Wildman–Crippen LogP) is 2.32. The van der Waals surface area contributed by atoms with Gasteiger partial charge in [0.1, 0.15) is 0 Å². The molecule has 33 heavy (non-hydrogen) atoms. The molecule has 2 heterocycles. The lowest BCUT2D eigenvalue weighted by molar-refractivity contribution is -0.138. The minimum absolute atomic E-state index is 0.0102. The summed E-state index contributed by atoms with van der Waals surface area (Å²) in [4.78, 5) is 27.6. The molecule has 1 aliphatic rings. The summed E-state index contributed by atoms with van der Waals surface area (Å²) in [6, 6.07) is 7.84. The van der Waals surface area contributed by atoms with Crippen LogP contribution in [-0.4, -0.2) is 71.5 Å². The zero-order valence-electron chi connectivity index (χ0n) is 17.7. The monoisotopic (exact) mass is 467 g/mol. The molecule has 2 aromatic rings. The molecule has 12 heteroatoms. The van der Waals surface area contributed by atoms with E-state index in [-0.39, 0.29) is 31.1 Å². The van der Waals surface area contributed by atoms with Crippen molar-refractivity contribution in [2.75, 3.05) is 44.2 Å². The van der Waals surface area contributed by atoms with Crippen molar-refractivity contribution >= 4 is 17.8 Å². The molecule has 1 saturated heterocycles. The standard InChI is InChI=1S/C21H24F3N5O4/c22-21(23,24)16-6-2-1-5-15(16)19(31)29-12-10-28(11-13-29)17-7-8-18(27-26-17)33-20(32)25-9-3-4-14-30/h1-2,5-8,30H,3-4,9-14H2,(H,25,32). The van der Waals surface area contributed by atoms with Crippen molar-refractivity contribution in [1.29, 1.82) is 0 Å². The molecular formula is C21H24F3N5O4. The van der Waals surface area contributed by atoms with E-state index in [9.17, 15) is 22.8 Å². The molecule has 0 aliphatic carbocycles. The molecule has 0 radical (unpaired) electrons. The van der Waals surface area contributed by atoms with Gasteiger partial charge in [-0.1, -0.05) is 12.1 Å². The number of nitrogens with zero attached hydrogens (tertiary/aromatic N) is 4. The maximum absolute atomic E-state index is 13.2. The van der Waals surface area contributed by atoms with Gasteiger partial charge in [0.2, 0.25) is 5.88 Å². The molecule has 3 rings (SSSR count). The number of halogens is 3. The van der Waals surface area contributed by atoms with Crippen LogP contribution in [0.4, 0.5) is 23.8 Å². The Balaban J connectivity index is 1.53. The number of nitrogens with one attached hydrogen (secondary N) is 1. The number of piperazine rings is 1. The Morgan fingerprint density at radius 3 is 2.39 bits per heavy atom. The first kappa shape index (κ1) is 24.2. The van der Waals surface area contributed by atoms with Gasteiger partial charge in [-0.05, 0) is 31.0 Å². The molecular weight excluding hydrogens is 443 g/mol. The van der Waals surface area contributed by atoms with Gasteiger partial charge >= 0.3 is 12.3 Å². The molecule has 0 atom stereocenters. The van der Waals surface area contributed by atoms with Gasteiger partial charge in [-0.25, -0.2) is 4.79 Å². The van der Waals surface area contributed by atoms with E-state index >= 15 is 0 Å². The number of carbonyl (C=O) groups excluding carboxylic acids is 2. The maximum atomic E-state index is 13.2. The summed E-state index contributed by atoms with van der Waals surface area (Å²) in [5.41, 5.74) is -1.31. The first-order chi connectivity index (χ1) is 15.8. The van der Waals surface area contributed by atoms with Crippen molar-refractivity contribution in [1.82, 2.24) is 20.4 Å². The minimum Gasteiger partial charge on any atom is -0.396 e. The van der Waals surface area contributed by atoms with Crippen molar-refractivity contribution in [3.8, 4) is 5.88 Å². The van der Waals surface area contributed by atoms with Gasteiger partial charge in [-0.2, -0.15) is 13.2 Å². The number of benzene rings is 1. The van der Waals surface area contributed by atoms with E-state index < -0.39 is 23.7 Å². The van der Waals surface area contributed by atoms with Crippen LogP contribution < -0.4 is 15.0 Å². The van der Waals surface area contributed by atoms with Crippen LogP contribution in [0, 0.1) is 0 Å². The van der Waals surface area contributed by atoms with Crippen molar-refractivity contribution < 1.29 is 32.6 Å². The van der Waals surface area contributed by atoms with E-state index in [0.717, 1.165) is 6.07 Å². The van der Waals surface area contributed by atoms with Crippen LogP contribution in [0.5, 0.6) is 5.88 Å². The molecule has 0 spiro atoms. The average molecular weight is 467 g/mol. The topological polar surface area (TPSA) is 108 Å². The number of anilines is 1. The third-order valence-corrected chi connectivity index (χ3v) is 5.03. The van der Waals surface area contributed by atoms with Crippen LogP contribution in [0.25, 0.3) is 0 Å². The Morgan fingerprint density at radius 2 is 1.76 bits per heavy atom. The molecule has 0 unspecified atom stereocenters. The van der Waals surface area contributed by atoms with E-state index in [4.69, 9.17) is 9.84 Å². The highest BCUT2D eigenvalue weighted by Crippen LogP contribution is 2.32. The van der Waals surface area contributed by atoms with Crippen molar-refractivity contribution in [2.24, 2.45) is 0 Å². The molecule has 9 nitrogen and oxygen atoms in total. The Morgan fingerprint density at radius 1 is 1.03 bits per heavy atom. The van der Waals surface area contributed by atoms with E-state index in [1.807, 2.05) is 4.90 Å². The lowest BCUT2D eigenvalue weighted by atomic mass is 10.1. The fourth-order valence-corrected chi connectivity index (χ4v) is 3.32. The van der Waals surface area contributed by atoms with Crippen LogP contribution in [0.15, 0.2) is 36.4 Å². The van der Waals surface area contributed by atoms with Gasteiger partial charge in [-0.3, -0.25) is 4.79 Å². The van der Waals surface area contributed by atoms with E-state index in [1.165, 1.54) is 29.2 Å². The van der Waals surface area contributed by atoms with E-state index in [2.05, 4.69) is 15.5 Å². The molecule has 2 amide bonds. The molecule has 178 valence electrons. The molecule has 1 aromatic carbocycles. The summed E-state index contributed by atoms with van der Waals surface area (Å²) in [6.45, 7) is 1.58. The van der Waals surface area contributed by atoms with Gasteiger partial charge in [0.15, 0.2) is 5.82 Å². The van der Waals surface area contributed by atoms with Gasteiger partial charge in [0.25, 0.3) is 5.91 Å². The second-order valence-electron chi connectivity index (χ2n) is 7.30. The zero-order chi connectivity index (χ0) is 23.8. The fraction of sp³-hybridized carbons (Fsp3) is 0.429. The van der Waals surface area contributed by atoms with Crippen LogP contribution in [-0.2, 0) is 6.18 Å². The third-order valence-electron chi connectivity index (χ3n) is 5.03. The Bertz CT molecular complexity index is 948. The summed E-state index contributed by atoms with van der Waals surface area (Å²) in [5, 5.41) is 19.1. The largest absolute Gasteiger partial charge is 0.417 e. The average Bonchev–Trinajstić information content (AvgIpc) is 2.81. The SMILES string of the molecule is O=C(NCCCCO)Oc1ccc(N2CCN(C(=O)c3ccccc3C(F)(F)F)CC2)nn1. The minimum atomic E-state index is -4.61. The second-order valence-corrected chi connectivity index (χ2v) is 7.30. The normalized spacial score (nSPS) is 14.2. The van der Waals surface area contributed by atoms with Crippen LogP contribution in [0.3, 0.4) is 0 Å².